The third-order valence-corrected chi connectivity index (χ3v) is 4.65. The third kappa shape index (κ3) is 7.61. The number of hydrogen-bond donors (Lipinski definition) is 2. The van der Waals surface area contributed by atoms with E-state index in [2.05, 4.69) is 16.7 Å². The summed E-state index contributed by atoms with van der Waals surface area (Å²) in [5.41, 5.74) is 1.94. The Hall–Kier alpha value is -2.05. The van der Waals surface area contributed by atoms with Crippen molar-refractivity contribution in [1.82, 2.24) is 10.2 Å². The Morgan fingerprint density at radius 1 is 1.22 bits per heavy atom. The summed E-state index contributed by atoms with van der Waals surface area (Å²) < 4.78 is 5.21. The quantitative estimate of drug-likeness (QED) is 0.632. The smallest absolute Gasteiger partial charge is 0.238 e. The van der Waals surface area contributed by atoms with Gasteiger partial charge >= 0.3 is 0 Å². The molecule has 148 valence electrons. The first-order chi connectivity index (χ1) is 13.0. The highest BCUT2D eigenvalue weighted by Crippen LogP contribution is 2.27. The van der Waals surface area contributed by atoms with Crippen molar-refractivity contribution in [3.63, 3.8) is 0 Å². The number of likely N-dealkylation sites (N-methyl/N-ethyl adjacent to an activating group) is 1. The van der Waals surface area contributed by atoms with Gasteiger partial charge < -0.3 is 15.4 Å². The standard InChI is InChI=1S/C20H28ClN3O3/c1-24(13-19(25)22-11-10-15-6-4-3-5-7-15)14-20(26)23-17-12-16(21)8-9-18(17)27-2/h6,8-9,12H,3-5,7,10-11,13-14H2,1-2H3,(H,22,25)(H,23,26). The van der Waals surface area contributed by atoms with Crippen LogP contribution in [-0.2, 0) is 9.59 Å². The number of anilines is 1. The minimum atomic E-state index is -0.238. The highest BCUT2D eigenvalue weighted by atomic mass is 35.5. The van der Waals surface area contributed by atoms with E-state index in [0.717, 1.165) is 19.3 Å². The van der Waals surface area contributed by atoms with Crippen molar-refractivity contribution in [3.8, 4) is 5.75 Å². The Bertz CT molecular complexity index is 691. The molecule has 0 spiro atoms. The van der Waals surface area contributed by atoms with E-state index >= 15 is 0 Å². The highest BCUT2D eigenvalue weighted by Gasteiger charge is 2.13. The number of nitrogens with zero attached hydrogens (tertiary/aromatic N) is 1. The number of benzene rings is 1. The minimum Gasteiger partial charge on any atom is -0.495 e. The van der Waals surface area contributed by atoms with Gasteiger partial charge in [-0.3, -0.25) is 14.5 Å². The van der Waals surface area contributed by atoms with Crippen LogP contribution in [0.25, 0.3) is 0 Å². The van der Waals surface area contributed by atoms with Gasteiger partial charge in [-0.05, 0) is 57.4 Å². The van der Waals surface area contributed by atoms with Crippen molar-refractivity contribution in [2.45, 2.75) is 32.1 Å². The lowest BCUT2D eigenvalue weighted by molar-refractivity contribution is -0.122. The maximum absolute atomic E-state index is 12.2. The summed E-state index contributed by atoms with van der Waals surface area (Å²) in [5, 5.41) is 6.19. The molecule has 0 aromatic heterocycles. The Balaban J connectivity index is 1.71. The summed E-state index contributed by atoms with van der Waals surface area (Å²) >= 11 is 5.96. The van der Waals surface area contributed by atoms with Gasteiger partial charge in [-0.1, -0.05) is 23.3 Å². The van der Waals surface area contributed by atoms with E-state index in [1.54, 1.807) is 30.1 Å². The monoisotopic (exact) mass is 393 g/mol. The lowest BCUT2D eigenvalue weighted by Crippen LogP contribution is -2.39. The van der Waals surface area contributed by atoms with Crippen molar-refractivity contribution >= 4 is 29.1 Å². The molecule has 0 unspecified atom stereocenters. The molecule has 1 aromatic carbocycles. The largest absolute Gasteiger partial charge is 0.495 e. The molecule has 0 aliphatic heterocycles. The Morgan fingerprint density at radius 3 is 2.70 bits per heavy atom. The second-order valence-corrected chi connectivity index (χ2v) is 7.21. The molecule has 0 atom stereocenters. The van der Waals surface area contributed by atoms with Gasteiger partial charge in [0.25, 0.3) is 0 Å². The molecule has 0 saturated carbocycles. The van der Waals surface area contributed by atoms with Gasteiger partial charge in [0.2, 0.25) is 11.8 Å². The molecule has 27 heavy (non-hydrogen) atoms. The van der Waals surface area contributed by atoms with Gasteiger partial charge in [-0.15, -0.1) is 0 Å². The SMILES string of the molecule is COc1ccc(Cl)cc1NC(=O)CN(C)CC(=O)NCCC1=CCCCC1. The molecule has 7 heteroatoms. The van der Waals surface area contributed by atoms with Crippen LogP contribution in [0.2, 0.25) is 5.02 Å². The van der Waals surface area contributed by atoms with Crippen LogP contribution >= 0.6 is 11.6 Å². The van der Waals surface area contributed by atoms with Crippen LogP contribution in [0.3, 0.4) is 0 Å². The molecule has 0 radical (unpaired) electrons. The summed E-state index contributed by atoms with van der Waals surface area (Å²) in [6, 6.07) is 5.01. The molecular weight excluding hydrogens is 366 g/mol. The van der Waals surface area contributed by atoms with Crippen LogP contribution in [0.4, 0.5) is 5.69 Å². The second-order valence-electron chi connectivity index (χ2n) is 6.77. The fourth-order valence-corrected chi connectivity index (χ4v) is 3.24. The number of hydrogen-bond acceptors (Lipinski definition) is 4. The molecule has 0 bridgehead atoms. The molecule has 2 rings (SSSR count). The van der Waals surface area contributed by atoms with E-state index in [-0.39, 0.29) is 24.9 Å². The summed E-state index contributed by atoms with van der Waals surface area (Å²) in [7, 11) is 3.26. The Morgan fingerprint density at radius 2 is 2.00 bits per heavy atom. The number of methoxy groups -OCH3 is 1. The van der Waals surface area contributed by atoms with Gasteiger partial charge in [-0.2, -0.15) is 0 Å². The minimum absolute atomic E-state index is 0.0814. The lowest BCUT2D eigenvalue weighted by atomic mass is 9.97. The van der Waals surface area contributed by atoms with Crippen LogP contribution in [0.15, 0.2) is 29.8 Å². The van der Waals surface area contributed by atoms with E-state index in [1.807, 2.05) is 0 Å². The van der Waals surface area contributed by atoms with Crippen molar-refractivity contribution in [1.29, 1.82) is 0 Å². The number of allylic oxidation sites excluding steroid dienone is 1. The Kier molecular flexibility index (Phi) is 8.61. The first-order valence-electron chi connectivity index (χ1n) is 9.24. The Labute approximate surface area is 165 Å². The zero-order valence-electron chi connectivity index (χ0n) is 16.0. The summed E-state index contributed by atoms with van der Waals surface area (Å²) in [4.78, 5) is 25.9. The van der Waals surface area contributed by atoms with E-state index in [9.17, 15) is 9.59 Å². The van der Waals surface area contributed by atoms with E-state index in [4.69, 9.17) is 16.3 Å². The van der Waals surface area contributed by atoms with Gasteiger partial charge in [0.1, 0.15) is 5.75 Å². The van der Waals surface area contributed by atoms with Crippen LogP contribution in [0.1, 0.15) is 32.1 Å². The van der Waals surface area contributed by atoms with Gasteiger partial charge in [0, 0.05) is 11.6 Å². The molecule has 1 aromatic rings. The van der Waals surface area contributed by atoms with Gasteiger partial charge in [0.15, 0.2) is 0 Å². The first kappa shape index (κ1) is 21.3. The molecule has 0 saturated heterocycles. The number of amides is 2. The van der Waals surface area contributed by atoms with Crippen molar-refractivity contribution in [2.75, 3.05) is 39.1 Å². The summed E-state index contributed by atoms with van der Waals surface area (Å²) in [6.45, 7) is 0.901. The topological polar surface area (TPSA) is 70.7 Å². The zero-order chi connectivity index (χ0) is 19.6. The number of rotatable bonds is 9. The maximum atomic E-state index is 12.2. The molecule has 1 aliphatic carbocycles. The summed E-state index contributed by atoms with van der Waals surface area (Å²) in [5.74, 6) is 0.213. The predicted octanol–water partition coefficient (Wildman–Crippen LogP) is 3.23. The van der Waals surface area contributed by atoms with Crippen molar-refractivity contribution in [2.24, 2.45) is 0 Å². The van der Waals surface area contributed by atoms with E-state index in [1.165, 1.54) is 25.5 Å². The molecule has 2 amide bonds. The normalized spacial score (nSPS) is 13.9. The van der Waals surface area contributed by atoms with Gasteiger partial charge in [0.05, 0.1) is 25.9 Å². The first-order valence-corrected chi connectivity index (χ1v) is 9.62. The van der Waals surface area contributed by atoms with Crippen LogP contribution in [0.5, 0.6) is 5.75 Å². The van der Waals surface area contributed by atoms with E-state index < -0.39 is 0 Å². The second kappa shape index (κ2) is 10.9. The van der Waals surface area contributed by atoms with Gasteiger partial charge in [-0.25, -0.2) is 0 Å². The lowest BCUT2D eigenvalue weighted by Gasteiger charge is -2.17. The zero-order valence-corrected chi connectivity index (χ0v) is 16.8. The molecule has 0 fully saturated rings. The van der Waals surface area contributed by atoms with Crippen LogP contribution < -0.4 is 15.4 Å². The number of nitrogens with one attached hydrogen (secondary N) is 2. The average Bonchev–Trinajstić information content (AvgIpc) is 2.62. The summed E-state index contributed by atoms with van der Waals surface area (Å²) in [6.07, 6.45) is 8.00. The molecule has 2 N–H and O–H groups in total. The number of halogens is 1. The number of ether oxygens (including phenoxy) is 1. The molecular formula is C20H28ClN3O3. The predicted molar refractivity (Wildman–Crippen MR) is 108 cm³/mol. The molecule has 6 nitrogen and oxygen atoms in total. The fraction of sp³-hybridized carbons (Fsp3) is 0.500. The van der Waals surface area contributed by atoms with Crippen LogP contribution in [-0.4, -0.2) is 50.5 Å². The molecule has 0 heterocycles. The average molecular weight is 394 g/mol. The number of carbonyl (C=O) groups excluding carboxylic acids is 2. The maximum Gasteiger partial charge on any atom is 0.238 e. The highest BCUT2D eigenvalue weighted by molar-refractivity contribution is 6.31. The third-order valence-electron chi connectivity index (χ3n) is 4.42. The number of carbonyl (C=O) groups is 2. The fourth-order valence-electron chi connectivity index (χ4n) is 3.06. The van der Waals surface area contributed by atoms with Crippen molar-refractivity contribution in [3.05, 3.63) is 34.9 Å². The van der Waals surface area contributed by atoms with Crippen LogP contribution in [0, 0.1) is 0 Å². The van der Waals surface area contributed by atoms with Crippen molar-refractivity contribution < 1.29 is 14.3 Å². The molecule has 1 aliphatic rings. The van der Waals surface area contributed by atoms with E-state index in [0.29, 0.717) is 23.0 Å².